The van der Waals surface area contributed by atoms with Crippen LogP contribution in [0.15, 0.2) is 65.7 Å². The summed E-state index contributed by atoms with van der Waals surface area (Å²) < 4.78 is 0. The zero-order chi connectivity index (χ0) is 32.6. The Kier molecular flexibility index (Phi) is 14.1. The van der Waals surface area contributed by atoms with Gasteiger partial charge in [0.15, 0.2) is 5.96 Å². The van der Waals surface area contributed by atoms with Crippen LogP contribution in [0.3, 0.4) is 0 Å². The molecule has 2 aromatic rings. The molecule has 0 unspecified atom stereocenters. The van der Waals surface area contributed by atoms with Crippen LogP contribution in [0.25, 0.3) is 0 Å². The maximum absolute atomic E-state index is 13.4. The fourth-order valence-corrected chi connectivity index (χ4v) is 4.28. The summed E-state index contributed by atoms with van der Waals surface area (Å²) in [6.07, 6.45) is 0.349. The van der Waals surface area contributed by atoms with Crippen molar-refractivity contribution in [3.05, 3.63) is 71.8 Å². The summed E-state index contributed by atoms with van der Waals surface area (Å²) >= 11 is 0. The molecule has 0 bridgehead atoms. The van der Waals surface area contributed by atoms with Crippen molar-refractivity contribution in [3.63, 3.8) is 0 Å². The number of carboxylic acid groups (broad SMARTS) is 2. The van der Waals surface area contributed by atoms with E-state index >= 15 is 0 Å². The molecule has 4 atom stereocenters. The number of amides is 4. The molecule has 4 amide bonds. The first-order chi connectivity index (χ1) is 20.9. The van der Waals surface area contributed by atoms with Crippen LogP contribution < -0.4 is 32.7 Å². The van der Waals surface area contributed by atoms with Crippen molar-refractivity contribution >= 4 is 35.7 Å². The summed E-state index contributed by atoms with van der Waals surface area (Å²) in [6.45, 7) is 3.49. The molecule has 2 rings (SSSR count). The lowest BCUT2D eigenvalue weighted by Gasteiger charge is -2.27. The first-order valence-corrected chi connectivity index (χ1v) is 14.1. The van der Waals surface area contributed by atoms with Crippen LogP contribution in [0.5, 0.6) is 0 Å². The molecule has 14 nitrogen and oxygen atoms in total. The van der Waals surface area contributed by atoms with E-state index in [1.807, 2.05) is 0 Å². The molecular weight excluding hydrogens is 570 g/mol. The van der Waals surface area contributed by atoms with Crippen LogP contribution in [0.1, 0.15) is 37.8 Å². The number of nitrogens with zero attached hydrogens (tertiary/aromatic N) is 1. The predicted octanol–water partition coefficient (Wildman–Crippen LogP) is 0.357. The van der Waals surface area contributed by atoms with E-state index in [1.54, 1.807) is 74.5 Å². The van der Waals surface area contributed by atoms with Gasteiger partial charge in [0.2, 0.25) is 11.8 Å². The number of hydrogen-bond donors (Lipinski definition) is 8. The van der Waals surface area contributed by atoms with Crippen molar-refractivity contribution in [2.24, 2.45) is 22.4 Å². The molecule has 44 heavy (non-hydrogen) atoms. The summed E-state index contributed by atoms with van der Waals surface area (Å²) in [5, 5.41) is 29.3. The molecule has 14 heteroatoms. The molecule has 238 valence electrons. The molecule has 0 saturated carbocycles. The molecule has 0 fully saturated rings. The molecule has 0 spiro atoms. The SMILES string of the molecule is CC(C)[C@H](NC(=O)[C@H](CCCN=C(N)N)NC(=O)N[C@@H](Cc1ccccc1)C(=O)O)C(=O)N[C@H](Cc1ccccc1)C(=O)O. The lowest BCUT2D eigenvalue weighted by Crippen LogP contribution is -2.59. The van der Waals surface area contributed by atoms with Gasteiger partial charge >= 0.3 is 18.0 Å². The maximum Gasteiger partial charge on any atom is 0.326 e. The largest absolute Gasteiger partial charge is 0.480 e. The van der Waals surface area contributed by atoms with Gasteiger partial charge in [0.05, 0.1) is 0 Å². The minimum absolute atomic E-state index is 0.00820. The van der Waals surface area contributed by atoms with Crippen molar-refractivity contribution in [2.45, 2.75) is 63.7 Å². The zero-order valence-electron chi connectivity index (χ0n) is 24.7. The molecule has 0 saturated heterocycles. The van der Waals surface area contributed by atoms with Crippen LogP contribution in [-0.2, 0) is 32.0 Å². The monoisotopic (exact) mass is 611 g/mol. The highest BCUT2D eigenvalue weighted by Crippen LogP contribution is 2.09. The Balaban J connectivity index is 2.16. The van der Waals surface area contributed by atoms with Crippen LogP contribution in [0, 0.1) is 5.92 Å². The minimum atomic E-state index is -1.28. The average Bonchev–Trinajstić information content (AvgIpc) is 2.97. The molecule has 0 aliphatic carbocycles. The lowest BCUT2D eigenvalue weighted by atomic mass is 10.0. The van der Waals surface area contributed by atoms with Gasteiger partial charge in [-0.1, -0.05) is 74.5 Å². The van der Waals surface area contributed by atoms with Gasteiger partial charge in [-0.05, 0) is 29.9 Å². The molecule has 0 aliphatic rings. The van der Waals surface area contributed by atoms with Crippen molar-refractivity contribution < 1.29 is 34.2 Å². The Bertz CT molecular complexity index is 1290. The Morgan fingerprint density at radius 1 is 0.705 bits per heavy atom. The van der Waals surface area contributed by atoms with E-state index in [4.69, 9.17) is 11.5 Å². The molecule has 0 heterocycles. The molecule has 0 radical (unpaired) electrons. The molecule has 10 N–H and O–H groups in total. The highest BCUT2D eigenvalue weighted by Gasteiger charge is 2.32. The van der Waals surface area contributed by atoms with Gasteiger partial charge in [-0.25, -0.2) is 14.4 Å². The molecule has 0 aliphatic heterocycles. The van der Waals surface area contributed by atoms with Crippen molar-refractivity contribution in [1.82, 2.24) is 21.3 Å². The smallest absolute Gasteiger partial charge is 0.326 e. The van der Waals surface area contributed by atoms with E-state index in [0.717, 1.165) is 0 Å². The van der Waals surface area contributed by atoms with E-state index in [0.29, 0.717) is 11.1 Å². The average molecular weight is 612 g/mol. The fourth-order valence-electron chi connectivity index (χ4n) is 4.28. The third-order valence-corrected chi connectivity index (χ3v) is 6.60. The summed E-state index contributed by atoms with van der Waals surface area (Å²) in [7, 11) is 0. The van der Waals surface area contributed by atoms with Crippen LogP contribution >= 0.6 is 0 Å². The standard InChI is InChI=1S/C30H41N7O7/c1-18(2)24(26(39)34-22(27(40)41)16-19-10-5-3-6-11-19)37-25(38)21(14-9-15-33-29(31)32)35-30(44)36-23(28(42)43)17-20-12-7-4-8-13-20/h3-8,10-13,18,21-24H,9,14-17H2,1-2H3,(H,34,39)(H,37,38)(H,40,41)(H,42,43)(H4,31,32,33)(H2,35,36,44)/t21-,22+,23-,24-/m0/s1. The third-order valence-electron chi connectivity index (χ3n) is 6.60. The number of guanidine groups is 1. The molecule has 0 aromatic heterocycles. The fraction of sp³-hybridized carbons (Fsp3) is 0.400. The number of carboxylic acids is 2. The zero-order valence-corrected chi connectivity index (χ0v) is 24.7. The summed E-state index contributed by atoms with van der Waals surface area (Å²) in [4.78, 5) is 67.1. The number of nitrogens with one attached hydrogen (secondary N) is 4. The number of aliphatic carboxylic acids is 2. The summed E-state index contributed by atoms with van der Waals surface area (Å²) in [5.41, 5.74) is 12.1. The first-order valence-electron chi connectivity index (χ1n) is 14.1. The van der Waals surface area contributed by atoms with E-state index in [9.17, 15) is 34.2 Å². The number of rotatable bonds is 17. The number of urea groups is 1. The summed E-state index contributed by atoms with van der Waals surface area (Å²) in [6, 6.07) is 11.7. The van der Waals surface area contributed by atoms with Gasteiger partial charge in [-0.3, -0.25) is 14.6 Å². The van der Waals surface area contributed by atoms with Crippen molar-refractivity contribution in [2.75, 3.05) is 6.54 Å². The number of carbonyl (C=O) groups excluding carboxylic acids is 3. The predicted molar refractivity (Wildman–Crippen MR) is 163 cm³/mol. The second-order valence-corrected chi connectivity index (χ2v) is 10.5. The number of aliphatic imine (C=N–C) groups is 1. The van der Waals surface area contributed by atoms with E-state index in [2.05, 4.69) is 26.3 Å². The highest BCUT2D eigenvalue weighted by atomic mass is 16.4. The van der Waals surface area contributed by atoms with Crippen molar-refractivity contribution in [3.8, 4) is 0 Å². The van der Waals surface area contributed by atoms with Crippen molar-refractivity contribution in [1.29, 1.82) is 0 Å². The number of hydrogen-bond acceptors (Lipinski definition) is 6. The van der Waals surface area contributed by atoms with Gasteiger partial charge in [-0.15, -0.1) is 0 Å². The third kappa shape index (κ3) is 12.4. The highest BCUT2D eigenvalue weighted by molar-refractivity contribution is 5.94. The Morgan fingerprint density at radius 3 is 1.64 bits per heavy atom. The second-order valence-electron chi connectivity index (χ2n) is 10.5. The Morgan fingerprint density at radius 2 is 1.18 bits per heavy atom. The maximum atomic E-state index is 13.4. The normalized spacial score (nSPS) is 13.4. The van der Waals surface area contributed by atoms with E-state index < -0.39 is 59.9 Å². The second kappa shape index (κ2) is 17.7. The minimum Gasteiger partial charge on any atom is -0.480 e. The number of benzene rings is 2. The van der Waals surface area contributed by atoms with Crippen LogP contribution in [0.4, 0.5) is 4.79 Å². The van der Waals surface area contributed by atoms with Gasteiger partial charge in [0.25, 0.3) is 0 Å². The van der Waals surface area contributed by atoms with Gasteiger partial charge in [0.1, 0.15) is 24.2 Å². The molecule has 2 aromatic carbocycles. The van der Waals surface area contributed by atoms with Gasteiger partial charge in [-0.2, -0.15) is 0 Å². The number of nitrogens with two attached hydrogens (primary N) is 2. The summed E-state index contributed by atoms with van der Waals surface area (Å²) in [5.74, 6) is -4.56. The Labute approximate surface area is 255 Å². The van der Waals surface area contributed by atoms with E-state index in [-0.39, 0.29) is 38.2 Å². The van der Waals surface area contributed by atoms with Crippen LogP contribution in [-0.4, -0.2) is 76.7 Å². The number of carbonyl (C=O) groups is 5. The lowest BCUT2D eigenvalue weighted by molar-refractivity contribution is -0.142. The quantitative estimate of drug-likeness (QED) is 0.0699. The van der Waals surface area contributed by atoms with E-state index in [1.165, 1.54) is 0 Å². The Hall–Kier alpha value is -5.14. The topological polar surface area (TPSA) is 238 Å². The molecular formula is C30H41N7O7. The van der Waals surface area contributed by atoms with Gasteiger partial charge < -0.3 is 42.9 Å². The van der Waals surface area contributed by atoms with Gasteiger partial charge in [0, 0.05) is 19.4 Å². The first kappa shape index (κ1) is 35.1. The van der Waals surface area contributed by atoms with Crippen LogP contribution in [0.2, 0.25) is 0 Å².